The van der Waals surface area contributed by atoms with Gasteiger partial charge in [-0.05, 0) is 30.5 Å². The minimum atomic E-state index is 0. The van der Waals surface area contributed by atoms with Crippen LogP contribution < -0.4 is 15.4 Å². The normalized spacial score (nSPS) is 15.6. The Morgan fingerprint density at radius 1 is 1.13 bits per heavy atom. The van der Waals surface area contributed by atoms with Gasteiger partial charge in [-0.1, -0.05) is 48.0 Å². The number of benzene rings is 2. The second-order valence-corrected chi connectivity index (χ2v) is 7.52. The number of guanidine groups is 1. The van der Waals surface area contributed by atoms with Crippen LogP contribution in [0.2, 0.25) is 0 Å². The fourth-order valence-electron chi connectivity index (χ4n) is 3.85. The number of ether oxygens (including phenoxy) is 2. The number of aryl methyl sites for hydroxylation is 1. The van der Waals surface area contributed by atoms with Crippen molar-refractivity contribution in [2.45, 2.75) is 19.4 Å². The van der Waals surface area contributed by atoms with Crippen LogP contribution in [-0.2, 0) is 11.2 Å². The molecule has 1 atom stereocenters. The summed E-state index contributed by atoms with van der Waals surface area (Å²) in [5.74, 6) is 1.75. The van der Waals surface area contributed by atoms with Gasteiger partial charge in [0.05, 0.1) is 26.4 Å². The van der Waals surface area contributed by atoms with Gasteiger partial charge in [-0.15, -0.1) is 24.0 Å². The van der Waals surface area contributed by atoms with E-state index in [-0.39, 0.29) is 30.0 Å². The smallest absolute Gasteiger partial charge is 0.191 e. The van der Waals surface area contributed by atoms with Crippen LogP contribution >= 0.6 is 24.0 Å². The molecule has 1 aliphatic rings. The molecule has 1 saturated heterocycles. The van der Waals surface area contributed by atoms with Gasteiger partial charge in [-0.3, -0.25) is 9.89 Å². The summed E-state index contributed by atoms with van der Waals surface area (Å²) in [6.45, 7) is 7.14. The second-order valence-electron chi connectivity index (χ2n) is 7.52. The van der Waals surface area contributed by atoms with Crippen LogP contribution in [0.1, 0.15) is 22.7 Å². The van der Waals surface area contributed by atoms with Crippen LogP contribution in [0.3, 0.4) is 0 Å². The fraction of sp³-hybridized carbons (Fsp3) is 0.458. The summed E-state index contributed by atoms with van der Waals surface area (Å²) in [7, 11) is 3.53. The maximum absolute atomic E-state index is 5.55. The van der Waals surface area contributed by atoms with Crippen molar-refractivity contribution in [3.63, 3.8) is 0 Å². The zero-order valence-corrected chi connectivity index (χ0v) is 21.1. The van der Waals surface area contributed by atoms with E-state index in [0.717, 1.165) is 57.5 Å². The van der Waals surface area contributed by atoms with Crippen molar-refractivity contribution < 1.29 is 9.47 Å². The molecular formula is C24H35IN4O2. The molecule has 2 aromatic carbocycles. The molecule has 7 heteroatoms. The predicted octanol–water partition coefficient (Wildman–Crippen LogP) is 3.40. The Kier molecular flexibility index (Phi) is 11.1. The Bertz CT molecular complexity index is 810. The lowest BCUT2D eigenvalue weighted by Gasteiger charge is -2.35. The average molecular weight is 538 g/mol. The van der Waals surface area contributed by atoms with Crippen LogP contribution in [0.25, 0.3) is 0 Å². The van der Waals surface area contributed by atoms with Crippen molar-refractivity contribution in [3.8, 4) is 5.75 Å². The Morgan fingerprint density at radius 2 is 1.87 bits per heavy atom. The molecule has 1 heterocycles. The number of nitrogens with one attached hydrogen (secondary N) is 2. The van der Waals surface area contributed by atoms with E-state index in [1.807, 2.05) is 13.1 Å². The molecular weight excluding hydrogens is 503 g/mol. The maximum atomic E-state index is 5.55. The van der Waals surface area contributed by atoms with E-state index in [1.54, 1.807) is 7.11 Å². The van der Waals surface area contributed by atoms with Gasteiger partial charge < -0.3 is 20.1 Å². The van der Waals surface area contributed by atoms with Gasteiger partial charge in [0.2, 0.25) is 0 Å². The van der Waals surface area contributed by atoms with Gasteiger partial charge >= 0.3 is 0 Å². The summed E-state index contributed by atoms with van der Waals surface area (Å²) in [6, 6.07) is 17.2. The highest BCUT2D eigenvalue weighted by Gasteiger charge is 2.22. The van der Waals surface area contributed by atoms with Crippen molar-refractivity contribution >= 4 is 29.9 Å². The number of hydrogen-bond donors (Lipinski definition) is 2. The number of aliphatic imine (C=N–C) groups is 1. The highest BCUT2D eigenvalue weighted by molar-refractivity contribution is 14.0. The number of rotatable bonds is 8. The first kappa shape index (κ1) is 25.4. The van der Waals surface area contributed by atoms with Crippen LogP contribution in [0.5, 0.6) is 5.75 Å². The zero-order valence-electron chi connectivity index (χ0n) is 18.8. The number of morpholine rings is 1. The topological polar surface area (TPSA) is 58.1 Å². The summed E-state index contributed by atoms with van der Waals surface area (Å²) in [6.07, 6.45) is 0.872. The first-order chi connectivity index (χ1) is 14.7. The van der Waals surface area contributed by atoms with Gasteiger partial charge in [0.25, 0.3) is 0 Å². The highest BCUT2D eigenvalue weighted by Crippen LogP contribution is 2.21. The van der Waals surface area contributed by atoms with Crippen LogP contribution in [-0.4, -0.2) is 64.4 Å². The summed E-state index contributed by atoms with van der Waals surface area (Å²) >= 11 is 0. The minimum absolute atomic E-state index is 0. The maximum Gasteiger partial charge on any atom is 0.191 e. The molecule has 3 rings (SSSR count). The number of halogens is 1. The first-order valence-corrected chi connectivity index (χ1v) is 10.7. The van der Waals surface area contributed by atoms with Crippen molar-refractivity contribution in [2.75, 3.05) is 53.6 Å². The van der Waals surface area contributed by atoms with E-state index in [9.17, 15) is 0 Å². The largest absolute Gasteiger partial charge is 0.496 e. The molecule has 0 bridgehead atoms. The van der Waals surface area contributed by atoms with E-state index in [0.29, 0.717) is 0 Å². The number of nitrogens with zero attached hydrogens (tertiary/aromatic N) is 2. The minimum Gasteiger partial charge on any atom is -0.496 e. The summed E-state index contributed by atoms with van der Waals surface area (Å²) in [5, 5.41) is 6.96. The third-order valence-electron chi connectivity index (χ3n) is 5.48. The van der Waals surface area contributed by atoms with Gasteiger partial charge in [0.1, 0.15) is 5.75 Å². The molecule has 0 saturated carbocycles. The molecule has 6 nitrogen and oxygen atoms in total. The van der Waals surface area contributed by atoms with Gasteiger partial charge in [-0.25, -0.2) is 0 Å². The average Bonchev–Trinajstić information content (AvgIpc) is 2.79. The molecule has 0 spiro atoms. The molecule has 1 fully saturated rings. The van der Waals surface area contributed by atoms with E-state index < -0.39 is 0 Å². The first-order valence-electron chi connectivity index (χ1n) is 10.7. The molecule has 170 valence electrons. The Labute approximate surface area is 203 Å². The standard InChI is InChI=1S/C24H34N4O2.HI/c1-19-9-10-23(29-3)21(17-19)11-12-26-24(25-2)27-18-22(20-7-5-4-6-8-20)28-13-15-30-16-14-28;/h4-10,17,22H,11-16,18H2,1-3H3,(H2,25,26,27);1H. The fourth-order valence-corrected chi connectivity index (χ4v) is 3.85. The molecule has 2 aromatic rings. The molecule has 1 unspecified atom stereocenters. The van der Waals surface area contributed by atoms with Crippen molar-refractivity contribution in [1.29, 1.82) is 0 Å². The molecule has 31 heavy (non-hydrogen) atoms. The van der Waals surface area contributed by atoms with E-state index in [4.69, 9.17) is 9.47 Å². The summed E-state index contributed by atoms with van der Waals surface area (Å²) < 4.78 is 11.0. The molecule has 1 aliphatic heterocycles. The lowest BCUT2D eigenvalue weighted by atomic mass is 10.0. The van der Waals surface area contributed by atoms with Crippen LogP contribution in [0, 0.1) is 6.92 Å². The predicted molar refractivity (Wildman–Crippen MR) is 138 cm³/mol. The Balaban J connectivity index is 0.00000341. The number of methoxy groups -OCH3 is 1. The Morgan fingerprint density at radius 3 is 2.55 bits per heavy atom. The van der Waals surface area contributed by atoms with E-state index >= 15 is 0 Å². The Hall–Kier alpha value is -1.84. The third kappa shape index (κ3) is 7.66. The number of hydrogen-bond acceptors (Lipinski definition) is 4. The SMILES string of the molecule is CN=C(NCCc1cc(C)ccc1OC)NCC(c1ccccc1)N1CCOCC1.I. The molecule has 0 amide bonds. The molecule has 2 N–H and O–H groups in total. The monoisotopic (exact) mass is 538 g/mol. The van der Waals surface area contributed by atoms with E-state index in [2.05, 4.69) is 69.9 Å². The molecule has 0 aromatic heterocycles. The van der Waals surface area contributed by atoms with E-state index in [1.165, 1.54) is 16.7 Å². The zero-order chi connectivity index (χ0) is 21.2. The second kappa shape index (κ2) is 13.5. The summed E-state index contributed by atoms with van der Waals surface area (Å²) in [5.41, 5.74) is 3.76. The van der Waals surface area contributed by atoms with Crippen molar-refractivity contribution in [2.24, 2.45) is 4.99 Å². The lowest BCUT2D eigenvalue weighted by molar-refractivity contribution is 0.0170. The highest BCUT2D eigenvalue weighted by atomic mass is 127. The quantitative estimate of drug-likeness (QED) is 0.307. The van der Waals surface area contributed by atoms with Crippen molar-refractivity contribution in [1.82, 2.24) is 15.5 Å². The van der Waals surface area contributed by atoms with Gasteiger partial charge in [0, 0.05) is 33.2 Å². The summed E-state index contributed by atoms with van der Waals surface area (Å²) in [4.78, 5) is 6.89. The van der Waals surface area contributed by atoms with Gasteiger partial charge in [0.15, 0.2) is 5.96 Å². The molecule has 0 radical (unpaired) electrons. The van der Waals surface area contributed by atoms with Crippen LogP contribution in [0.4, 0.5) is 0 Å². The van der Waals surface area contributed by atoms with Crippen molar-refractivity contribution in [3.05, 3.63) is 65.2 Å². The van der Waals surface area contributed by atoms with Crippen LogP contribution in [0.15, 0.2) is 53.5 Å². The van der Waals surface area contributed by atoms with Gasteiger partial charge in [-0.2, -0.15) is 0 Å². The third-order valence-corrected chi connectivity index (χ3v) is 5.48. The molecule has 0 aliphatic carbocycles. The lowest BCUT2D eigenvalue weighted by Crippen LogP contribution is -2.46.